The van der Waals surface area contributed by atoms with E-state index in [0.29, 0.717) is 13.2 Å². The lowest BCUT2D eigenvalue weighted by Crippen LogP contribution is -2.25. The number of carbonyl (C=O) groups excluding carboxylic acids is 1. The van der Waals surface area contributed by atoms with Crippen LogP contribution in [-0.2, 0) is 11.3 Å². The minimum atomic E-state index is -0.320. The number of alkyl carbamates (subject to hydrolysis) is 1. The van der Waals surface area contributed by atoms with Gasteiger partial charge in [0.05, 0.1) is 0 Å². The van der Waals surface area contributed by atoms with Crippen LogP contribution in [0.4, 0.5) is 4.79 Å². The van der Waals surface area contributed by atoms with Crippen molar-refractivity contribution >= 4 is 6.09 Å². The topological polar surface area (TPSA) is 38.3 Å². The molecule has 1 amide bonds. The summed E-state index contributed by atoms with van der Waals surface area (Å²) < 4.78 is 5.19. The van der Waals surface area contributed by atoms with Crippen LogP contribution in [0.5, 0.6) is 0 Å². The third-order valence-corrected chi connectivity index (χ3v) is 4.92. The molecule has 0 aliphatic carbocycles. The van der Waals surface area contributed by atoms with Crippen molar-refractivity contribution in [3.63, 3.8) is 0 Å². The van der Waals surface area contributed by atoms with Crippen LogP contribution in [0.15, 0.2) is 42.5 Å². The summed E-state index contributed by atoms with van der Waals surface area (Å²) in [6.45, 7) is 3.30. The minimum absolute atomic E-state index is 0.320. The molecule has 28 heavy (non-hydrogen) atoms. The van der Waals surface area contributed by atoms with Crippen LogP contribution in [0.25, 0.3) is 0 Å². The summed E-state index contributed by atoms with van der Waals surface area (Å²) in [6, 6.07) is 9.76. The van der Waals surface area contributed by atoms with E-state index in [1.54, 1.807) is 0 Å². The average Bonchev–Trinajstić information content (AvgIpc) is 2.72. The van der Waals surface area contributed by atoms with Crippen molar-refractivity contribution in [1.29, 1.82) is 0 Å². The van der Waals surface area contributed by atoms with Gasteiger partial charge in [-0.05, 0) is 37.7 Å². The second kappa shape index (κ2) is 18.6. The number of amides is 1. The fourth-order valence-electron chi connectivity index (χ4n) is 3.16. The number of benzene rings is 1. The molecule has 0 aromatic heterocycles. The number of hydrogen-bond donors (Lipinski definition) is 1. The van der Waals surface area contributed by atoms with E-state index in [4.69, 9.17) is 4.74 Å². The Hall–Kier alpha value is -1.77. The largest absolute Gasteiger partial charge is 0.445 e. The van der Waals surface area contributed by atoms with Crippen LogP contribution in [0, 0.1) is 0 Å². The predicted molar refractivity (Wildman–Crippen MR) is 119 cm³/mol. The fourth-order valence-corrected chi connectivity index (χ4v) is 3.16. The molecule has 0 saturated carbocycles. The third kappa shape index (κ3) is 15.3. The molecule has 0 aliphatic rings. The Kier molecular flexibility index (Phi) is 16.1. The van der Waals surface area contributed by atoms with Crippen LogP contribution >= 0.6 is 0 Å². The van der Waals surface area contributed by atoms with Gasteiger partial charge in [-0.1, -0.05) is 101 Å². The number of carbonyl (C=O) groups is 1. The van der Waals surface area contributed by atoms with Gasteiger partial charge in [-0.25, -0.2) is 4.79 Å². The zero-order valence-electron chi connectivity index (χ0n) is 18.0. The molecule has 1 N–H and O–H groups in total. The van der Waals surface area contributed by atoms with Crippen molar-refractivity contribution in [3.05, 3.63) is 48.0 Å². The summed E-state index contributed by atoms with van der Waals surface area (Å²) in [5, 5.41) is 2.83. The lowest BCUT2D eigenvalue weighted by Gasteiger charge is -2.07. The molecule has 1 aromatic carbocycles. The zero-order chi connectivity index (χ0) is 20.1. The Balaban J connectivity index is 1.80. The number of unbranched alkanes of at least 4 members (excludes halogenated alkanes) is 11. The van der Waals surface area contributed by atoms with Gasteiger partial charge in [-0.3, -0.25) is 0 Å². The highest BCUT2D eigenvalue weighted by molar-refractivity contribution is 5.67. The SMILES string of the molecule is CCCCCCCC/C=C\CCCCCCCNC(=O)OCc1ccccc1. The molecule has 3 heteroatoms. The molecular weight excluding hydrogens is 346 g/mol. The molecule has 158 valence electrons. The van der Waals surface area contributed by atoms with Gasteiger partial charge in [0.15, 0.2) is 0 Å². The molecule has 3 nitrogen and oxygen atoms in total. The first-order valence-electron chi connectivity index (χ1n) is 11.4. The van der Waals surface area contributed by atoms with Gasteiger partial charge >= 0.3 is 6.09 Å². The lowest BCUT2D eigenvalue weighted by atomic mass is 10.1. The molecule has 0 radical (unpaired) electrons. The summed E-state index contributed by atoms with van der Waals surface area (Å²) in [4.78, 5) is 11.6. The van der Waals surface area contributed by atoms with Crippen LogP contribution in [-0.4, -0.2) is 12.6 Å². The molecule has 0 heterocycles. The Labute approximate surface area is 173 Å². The number of rotatable bonds is 17. The van der Waals surface area contributed by atoms with Crippen LogP contribution in [0.1, 0.15) is 96.0 Å². The van der Waals surface area contributed by atoms with Crippen LogP contribution in [0.2, 0.25) is 0 Å². The van der Waals surface area contributed by atoms with Gasteiger partial charge < -0.3 is 10.1 Å². The van der Waals surface area contributed by atoms with E-state index < -0.39 is 0 Å². The van der Waals surface area contributed by atoms with Crippen LogP contribution < -0.4 is 5.32 Å². The van der Waals surface area contributed by atoms with Gasteiger partial charge in [-0.2, -0.15) is 0 Å². The third-order valence-electron chi connectivity index (χ3n) is 4.92. The summed E-state index contributed by atoms with van der Waals surface area (Å²) in [6.07, 6.45) is 21.1. The second-order valence-electron chi connectivity index (χ2n) is 7.57. The number of nitrogens with one attached hydrogen (secondary N) is 1. The molecule has 0 bridgehead atoms. The van der Waals surface area contributed by atoms with E-state index in [-0.39, 0.29) is 6.09 Å². The molecule has 0 aliphatic heterocycles. The molecule has 0 fully saturated rings. The standard InChI is InChI=1S/C25H41NO2/c1-2-3-4-5-6-7-8-9-10-11-12-13-14-15-19-22-26-25(27)28-23-24-20-17-16-18-21-24/h9-10,16-18,20-21H,2-8,11-15,19,22-23H2,1H3,(H,26,27)/b10-9-. The molecule has 0 unspecified atom stereocenters. The maximum absolute atomic E-state index is 11.6. The highest BCUT2D eigenvalue weighted by atomic mass is 16.5. The number of allylic oxidation sites excluding steroid dienone is 2. The monoisotopic (exact) mass is 387 g/mol. The van der Waals surface area contributed by atoms with Gasteiger partial charge in [0.25, 0.3) is 0 Å². The first kappa shape index (κ1) is 24.3. The molecular formula is C25H41NO2. The highest BCUT2D eigenvalue weighted by Crippen LogP contribution is 2.09. The quantitative estimate of drug-likeness (QED) is 0.221. The smallest absolute Gasteiger partial charge is 0.407 e. The fraction of sp³-hybridized carbons (Fsp3) is 0.640. The molecule has 0 atom stereocenters. The van der Waals surface area contributed by atoms with Crippen molar-refractivity contribution in [1.82, 2.24) is 5.32 Å². The lowest BCUT2D eigenvalue weighted by molar-refractivity contribution is 0.139. The van der Waals surface area contributed by atoms with Gasteiger partial charge in [0, 0.05) is 6.54 Å². The van der Waals surface area contributed by atoms with Crippen molar-refractivity contribution < 1.29 is 9.53 Å². The van der Waals surface area contributed by atoms with E-state index in [0.717, 1.165) is 12.0 Å². The van der Waals surface area contributed by atoms with Crippen molar-refractivity contribution in [2.45, 2.75) is 97.0 Å². The number of ether oxygens (including phenoxy) is 1. The Morgan fingerprint density at radius 1 is 0.821 bits per heavy atom. The minimum Gasteiger partial charge on any atom is -0.445 e. The van der Waals surface area contributed by atoms with Crippen molar-refractivity contribution in [2.75, 3.05) is 6.54 Å². The van der Waals surface area contributed by atoms with E-state index in [9.17, 15) is 4.79 Å². The summed E-state index contributed by atoms with van der Waals surface area (Å²) >= 11 is 0. The molecule has 1 aromatic rings. The Bertz CT molecular complexity index is 499. The first-order chi connectivity index (χ1) is 13.8. The van der Waals surface area contributed by atoms with E-state index in [2.05, 4.69) is 24.4 Å². The highest BCUT2D eigenvalue weighted by Gasteiger charge is 2.01. The zero-order valence-corrected chi connectivity index (χ0v) is 18.0. The predicted octanol–water partition coefficient (Wildman–Crippen LogP) is 7.56. The maximum Gasteiger partial charge on any atom is 0.407 e. The maximum atomic E-state index is 11.6. The van der Waals surface area contributed by atoms with Gasteiger partial charge in [0.2, 0.25) is 0 Å². The summed E-state index contributed by atoms with van der Waals surface area (Å²) in [5.41, 5.74) is 1.01. The average molecular weight is 388 g/mol. The van der Waals surface area contributed by atoms with E-state index in [1.165, 1.54) is 77.0 Å². The Morgan fingerprint density at radius 2 is 1.39 bits per heavy atom. The van der Waals surface area contributed by atoms with Crippen molar-refractivity contribution in [2.24, 2.45) is 0 Å². The van der Waals surface area contributed by atoms with Gasteiger partial charge in [0.1, 0.15) is 6.61 Å². The van der Waals surface area contributed by atoms with Gasteiger partial charge in [-0.15, -0.1) is 0 Å². The first-order valence-corrected chi connectivity index (χ1v) is 11.4. The van der Waals surface area contributed by atoms with E-state index in [1.807, 2.05) is 30.3 Å². The molecule has 0 spiro atoms. The normalized spacial score (nSPS) is 11.0. The Morgan fingerprint density at radius 3 is 2.04 bits per heavy atom. The summed E-state index contributed by atoms with van der Waals surface area (Å²) in [7, 11) is 0. The van der Waals surface area contributed by atoms with Crippen LogP contribution in [0.3, 0.4) is 0 Å². The van der Waals surface area contributed by atoms with E-state index >= 15 is 0 Å². The molecule has 1 rings (SSSR count). The van der Waals surface area contributed by atoms with Crippen molar-refractivity contribution in [3.8, 4) is 0 Å². The molecule has 0 saturated heterocycles. The number of hydrogen-bond acceptors (Lipinski definition) is 2. The summed E-state index contributed by atoms with van der Waals surface area (Å²) in [5.74, 6) is 0. The second-order valence-corrected chi connectivity index (χ2v) is 7.57.